The molecule has 0 saturated carbocycles. The van der Waals surface area contributed by atoms with Gasteiger partial charge in [-0.1, -0.05) is 35.9 Å². The van der Waals surface area contributed by atoms with Crippen LogP contribution in [0.15, 0.2) is 82.2 Å². The zero-order valence-electron chi connectivity index (χ0n) is 17.0. The number of rotatable bonds is 4. The van der Waals surface area contributed by atoms with Crippen molar-refractivity contribution in [2.24, 2.45) is 4.99 Å². The zero-order valence-corrected chi connectivity index (χ0v) is 17.0. The SMILES string of the molecule is CCOc1ccc2oc(-c3ccc(C)cc3)cc(=Nc3cccc(C(F)(F)F)c3)c2c1. The maximum Gasteiger partial charge on any atom is 0.416 e. The number of benzene rings is 3. The van der Waals surface area contributed by atoms with Gasteiger partial charge in [-0.15, -0.1) is 0 Å². The van der Waals surface area contributed by atoms with Crippen molar-refractivity contribution < 1.29 is 22.3 Å². The molecule has 0 aliphatic heterocycles. The van der Waals surface area contributed by atoms with Gasteiger partial charge in [-0.2, -0.15) is 13.2 Å². The molecule has 0 atom stereocenters. The van der Waals surface area contributed by atoms with Crippen molar-refractivity contribution in [3.8, 4) is 17.1 Å². The molecule has 6 heteroatoms. The number of ether oxygens (including phenoxy) is 1. The van der Waals surface area contributed by atoms with Gasteiger partial charge in [0.15, 0.2) is 0 Å². The van der Waals surface area contributed by atoms with E-state index < -0.39 is 11.7 Å². The topological polar surface area (TPSA) is 34.7 Å². The Balaban J connectivity index is 1.95. The van der Waals surface area contributed by atoms with E-state index in [-0.39, 0.29) is 5.69 Å². The molecule has 0 aliphatic carbocycles. The number of hydrogen-bond acceptors (Lipinski definition) is 3. The second-order valence-corrected chi connectivity index (χ2v) is 7.11. The molecular weight excluding hydrogens is 403 g/mol. The second-order valence-electron chi connectivity index (χ2n) is 7.11. The van der Waals surface area contributed by atoms with Gasteiger partial charge in [0.1, 0.15) is 17.1 Å². The lowest BCUT2D eigenvalue weighted by Gasteiger charge is -2.09. The van der Waals surface area contributed by atoms with E-state index in [0.29, 0.717) is 34.4 Å². The van der Waals surface area contributed by atoms with Crippen molar-refractivity contribution in [3.63, 3.8) is 0 Å². The number of fused-ring (bicyclic) bond motifs is 1. The second kappa shape index (κ2) is 8.30. The van der Waals surface area contributed by atoms with Gasteiger partial charge in [-0.3, -0.25) is 0 Å². The monoisotopic (exact) mass is 423 g/mol. The normalized spacial score (nSPS) is 12.4. The van der Waals surface area contributed by atoms with E-state index in [9.17, 15) is 13.2 Å². The standard InChI is InChI=1S/C25H20F3NO2/c1-3-30-20-11-12-23-21(14-20)22(15-24(31-23)17-9-7-16(2)8-10-17)29-19-6-4-5-18(13-19)25(26,27)28/h4-15H,3H2,1-2H3. The fourth-order valence-corrected chi connectivity index (χ4v) is 3.25. The highest BCUT2D eigenvalue weighted by Gasteiger charge is 2.30. The summed E-state index contributed by atoms with van der Waals surface area (Å²) in [5.74, 6) is 1.20. The lowest BCUT2D eigenvalue weighted by Crippen LogP contribution is -2.06. The molecule has 3 nitrogen and oxygen atoms in total. The Morgan fingerprint density at radius 2 is 1.71 bits per heavy atom. The van der Waals surface area contributed by atoms with Gasteiger partial charge in [-0.25, -0.2) is 4.99 Å². The molecule has 4 aromatic rings. The molecule has 3 aromatic carbocycles. The molecule has 0 N–H and O–H groups in total. The van der Waals surface area contributed by atoms with Crippen LogP contribution in [-0.4, -0.2) is 6.61 Å². The Hall–Kier alpha value is -3.54. The van der Waals surface area contributed by atoms with E-state index in [1.54, 1.807) is 30.3 Å². The average Bonchev–Trinajstić information content (AvgIpc) is 2.74. The Morgan fingerprint density at radius 3 is 2.42 bits per heavy atom. The van der Waals surface area contributed by atoms with Crippen LogP contribution in [-0.2, 0) is 6.18 Å². The largest absolute Gasteiger partial charge is 0.494 e. The van der Waals surface area contributed by atoms with E-state index in [1.165, 1.54) is 6.07 Å². The van der Waals surface area contributed by atoms with Crippen molar-refractivity contribution in [1.82, 2.24) is 0 Å². The van der Waals surface area contributed by atoms with E-state index >= 15 is 0 Å². The van der Waals surface area contributed by atoms with Gasteiger partial charge in [0, 0.05) is 17.0 Å². The summed E-state index contributed by atoms with van der Waals surface area (Å²) in [6, 6.07) is 19.9. The quantitative estimate of drug-likeness (QED) is 0.352. The highest BCUT2D eigenvalue weighted by Crippen LogP contribution is 2.31. The first kappa shape index (κ1) is 20.7. The van der Waals surface area contributed by atoms with Crippen LogP contribution >= 0.6 is 0 Å². The zero-order chi connectivity index (χ0) is 22.0. The molecular formula is C25H20F3NO2. The minimum Gasteiger partial charge on any atom is -0.494 e. The summed E-state index contributed by atoms with van der Waals surface area (Å²) in [6.07, 6.45) is -4.44. The third-order valence-corrected chi connectivity index (χ3v) is 4.78. The summed E-state index contributed by atoms with van der Waals surface area (Å²) in [7, 11) is 0. The minimum absolute atomic E-state index is 0.207. The summed E-state index contributed by atoms with van der Waals surface area (Å²) >= 11 is 0. The lowest BCUT2D eigenvalue weighted by molar-refractivity contribution is -0.137. The van der Waals surface area contributed by atoms with Crippen molar-refractivity contribution in [2.45, 2.75) is 20.0 Å². The first-order valence-corrected chi connectivity index (χ1v) is 9.83. The van der Waals surface area contributed by atoms with Crippen LogP contribution in [0.1, 0.15) is 18.1 Å². The van der Waals surface area contributed by atoms with Gasteiger partial charge in [0.2, 0.25) is 0 Å². The van der Waals surface area contributed by atoms with Gasteiger partial charge in [0.05, 0.1) is 23.2 Å². The fraction of sp³-hybridized carbons (Fsp3) is 0.160. The van der Waals surface area contributed by atoms with Crippen LogP contribution in [0.25, 0.3) is 22.3 Å². The highest BCUT2D eigenvalue weighted by molar-refractivity contribution is 5.80. The van der Waals surface area contributed by atoms with Crippen LogP contribution in [0.2, 0.25) is 0 Å². The van der Waals surface area contributed by atoms with Crippen LogP contribution in [0, 0.1) is 6.92 Å². The molecule has 0 bridgehead atoms. The maximum atomic E-state index is 13.1. The molecule has 0 fully saturated rings. The number of nitrogens with zero attached hydrogens (tertiary/aromatic N) is 1. The van der Waals surface area contributed by atoms with Crippen molar-refractivity contribution in [3.05, 3.63) is 89.3 Å². The predicted octanol–water partition coefficient (Wildman–Crippen LogP) is 7.06. The Morgan fingerprint density at radius 1 is 0.935 bits per heavy atom. The summed E-state index contributed by atoms with van der Waals surface area (Å²) in [5.41, 5.74) is 1.99. The first-order chi connectivity index (χ1) is 14.8. The van der Waals surface area contributed by atoms with Crippen LogP contribution in [0.3, 0.4) is 0 Å². The van der Waals surface area contributed by atoms with Crippen LogP contribution in [0.5, 0.6) is 5.75 Å². The Labute approximate surface area is 177 Å². The molecule has 4 rings (SSSR count). The molecule has 0 unspecified atom stereocenters. The van der Waals surface area contributed by atoms with E-state index in [0.717, 1.165) is 23.3 Å². The van der Waals surface area contributed by atoms with E-state index in [4.69, 9.17) is 9.15 Å². The highest BCUT2D eigenvalue weighted by atomic mass is 19.4. The number of aryl methyl sites for hydroxylation is 1. The molecule has 0 amide bonds. The van der Waals surface area contributed by atoms with Crippen molar-refractivity contribution in [2.75, 3.05) is 6.61 Å². The van der Waals surface area contributed by atoms with Crippen molar-refractivity contribution >= 4 is 16.7 Å². The van der Waals surface area contributed by atoms with Crippen LogP contribution < -0.4 is 10.1 Å². The van der Waals surface area contributed by atoms with Gasteiger partial charge in [-0.05, 0) is 50.2 Å². The Bertz CT molecular complexity index is 1290. The van der Waals surface area contributed by atoms with Gasteiger partial charge < -0.3 is 9.15 Å². The van der Waals surface area contributed by atoms with Gasteiger partial charge in [0.25, 0.3) is 0 Å². The molecule has 0 radical (unpaired) electrons. The first-order valence-electron chi connectivity index (χ1n) is 9.83. The molecule has 1 heterocycles. The maximum absolute atomic E-state index is 13.1. The minimum atomic E-state index is -4.44. The molecule has 31 heavy (non-hydrogen) atoms. The summed E-state index contributed by atoms with van der Waals surface area (Å²) in [4.78, 5) is 4.53. The number of alkyl halides is 3. The molecule has 0 saturated heterocycles. The van der Waals surface area contributed by atoms with Crippen LogP contribution in [0.4, 0.5) is 18.9 Å². The lowest BCUT2D eigenvalue weighted by atomic mass is 10.1. The van der Waals surface area contributed by atoms with E-state index in [2.05, 4.69) is 4.99 Å². The molecule has 1 aromatic heterocycles. The summed E-state index contributed by atoms with van der Waals surface area (Å²) in [5, 5.41) is 1.15. The summed E-state index contributed by atoms with van der Waals surface area (Å²) < 4.78 is 51.1. The molecule has 158 valence electrons. The predicted molar refractivity (Wildman–Crippen MR) is 114 cm³/mol. The Kier molecular flexibility index (Phi) is 5.55. The number of hydrogen-bond donors (Lipinski definition) is 0. The number of halogens is 3. The molecule has 0 spiro atoms. The fourth-order valence-electron chi connectivity index (χ4n) is 3.25. The van der Waals surface area contributed by atoms with Gasteiger partial charge >= 0.3 is 6.18 Å². The summed E-state index contributed by atoms with van der Waals surface area (Å²) in [6.45, 7) is 4.36. The third-order valence-electron chi connectivity index (χ3n) is 4.78. The van der Waals surface area contributed by atoms with E-state index in [1.807, 2.05) is 38.1 Å². The average molecular weight is 423 g/mol. The van der Waals surface area contributed by atoms with Crippen molar-refractivity contribution in [1.29, 1.82) is 0 Å². The third kappa shape index (κ3) is 4.63. The molecule has 0 aliphatic rings. The smallest absolute Gasteiger partial charge is 0.416 e.